The van der Waals surface area contributed by atoms with Crippen LogP contribution < -0.4 is 5.32 Å². The van der Waals surface area contributed by atoms with Gasteiger partial charge in [0.1, 0.15) is 0 Å². The van der Waals surface area contributed by atoms with E-state index in [1.807, 2.05) is 0 Å². The molecule has 0 fully saturated rings. The molecule has 0 bridgehead atoms. The van der Waals surface area contributed by atoms with E-state index < -0.39 is 12.1 Å². The van der Waals surface area contributed by atoms with Gasteiger partial charge in [0.25, 0.3) is 0 Å². The number of unbranched alkanes of at least 4 members (excludes halogenated alkanes) is 42. The van der Waals surface area contributed by atoms with E-state index in [-0.39, 0.29) is 18.5 Å². The Kier molecular flexibility index (Phi) is 58.0. The molecular weight excluding hydrogens is 863 g/mol. The lowest BCUT2D eigenvalue weighted by atomic mass is 10.0. The molecule has 2 atom stereocenters. The van der Waals surface area contributed by atoms with Crippen molar-refractivity contribution in [1.82, 2.24) is 5.32 Å². The lowest BCUT2D eigenvalue weighted by Gasteiger charge is -2.22. The molecule has 0 aliphatic rings. The number of hydrogen-bond donors (Lipinski definition) is 3. The maximum atomic E-state index is 12.5. The minimum atomic E-state index is -0.673. The SMILES string of the molecule is CCCCC/C=C\CCCCCCCC(=O)OCCCCC/C=C\C=C/CCCCCCCCCCCCC(=O)NC(CO)C(O)CCCCCCCCCCCCCCCCCCCCCCCC. The first-order chi connectivity index (χ1) is 34.5. The van der Waals surface area contributed by atoms with Crippen LogP contribution in [0.25, 0.3) is 0 Å². The molecule has 0 radical (unpaired) electrons. The number of esters is 1. The zero-order valence-electron chi connectivity index (χ0n) is 47.0. The lowest BCUT2D eigenvalue weighted by molar-refractivity contribution is -0.143. The Labute approximate surface area is 436 Å². The number of carbonyl (C=O) groups excluding carboxylic acids is 2. The molecule has 0 aromatic carbocycles. The molecule has 2 unspecified atom stereocenters. The van der Waals surface area contributed by atoms with E-state index in [4.69, 9.17) is 4.74 Å². The van der Waals surface area contributed by atoms with E-state index in [2.05, 4.69) is 55.6 Å². The second-order valence-electron chi connectivity index (χ2n) is 21.4. The Morgan fingerprint density at radius 3 is 1.13 bits per heavy atom. The number of nitrogens with one attached hydrogen (secondary N) is 1. The monoisotopic (exact) mass is 984 g/mol. The molecule has 3 N–H and O–H groups in total. The summed E-state index contributed by atoms with van der Waals surface area (Å²) in [7, 11) is 0. The topological polar surface area (TPSA) is 95.9 Å². The van der Waals surface area contributed by atoms with Crippen LogP contribution in [0, 0.1) is 0 Å². The van der Waals surface area contributed by atoms with Crippen LogP contribution in [-0.2, 0) is 14.3 Å². The van der Waals surface area contributed by atoms with Gasteiger partial charge in [-0.15, -0.1) is 0 Å². The summed E-state index contributed by atoms with van der Waals surface area (Å²) < 4.78 is 5.44. The molecule has 0 aliphatic carbocycles. The fraction of sp³-hybridized carbons (Fsp3) is 0.875. The largest absolute Gasteiger partial charge is 0.466 e. The Morgan fingerprint density at radius 2 is 0.714 bits per heavy atom. The molecule has 412 valence electrons. The molecule has 0 aromatic rings. The van der Waals surface area contributed by atoms with Crippen molar-refractivity contribution < 1.29 is 24.5 Å². The van der Waals surface area contributed by atoms with Gasteiger partial charge in [-0.2, -0.15) is 0 Å². The Balaban J connectivity index is 3.48. The van der Waals surface area contributed by atoms with Gasteiger partial charge in [-0.1, -0.05) is 275 Å². The zero-order valence-corrected chi connectivity index (χ0v) is 47.0. The van der Waals surface area contributed by atoms with Gasteiger partial charge in [-0.3, -0.25) is 9.59 Å². The van der Waals surface area contributed by atoms with Crippen molar-refractivity contribution in [2.75, 3.05) is 13.2 Å². The van der Waals surface area contributed by atoms with Gasteiger partial charge >= 0.3 is 5.97 Å². The van der Waals surface area contributed by atoms with E-state index >= 15 is 0 Å². The van der Waals surface area contributed by atoms with E-state index in [0.717, 1.165) is 70.6 Å². The van der Waals surface area contributed by atoms with Crippen LogP contribution in [-0.4, -0.2) is 47.4 Å². The minimum Gasteiger partial charge on any atom is -0.466 e. The minimum absolute atomic E-state index is 0.0232. The van der Waals surface area contributed by atoms with Gasteiger partial charge in [0, 0.05) is 12.8 Å². The Morgan fingerprint density at radius 1 is 0.400 bits per heavy atom. The molecule has 0 saturated carbocycles. The van der Waals surface area contributed by atoms with Gasteiger partial charge in [0.05, 0.1) is 25.4 Å². The summed E-state index contributed by atoms with van der Waals surface area (Å²) >= 11 is 0. The number of ether oxygens (including phenoxy) is 1. The molecule has 0 aromatic heterocycles. The van der Waals surface area contributed by atoms with Crippen molar-refractivity contribution in [3.05, 3.63) is 36.5 Å². The molecule has 0 saturated heterocycles. The first kappa shape index (κ1) is 68.1. The average Bonchev–Trinajstić information content (AvgIpc) is 3.36. The summed E-state index contributed by atoms with van der Waals surface area (Å²) in [6, 6.07) is -0.551. The normalized spacial score (nSPS) is 12.8. The first-order valence-electron chi connectivity index (χ1n) is 31.3. The van der Waals surface area contributed by atoms with Gasteiger partial charge in [0.2, 0.25) is 5.91 Å². The quantitative estimate of drug-likeness (QED) is 0.0244. The maximum absolute atomic E-state index is 12.5. The highest BCUT2D eigenvalue weighted by molar-refractivity contribution is 5.76. The third-order valence-electron chi connectivity index (χ3n) is 14.4. The van der Waals surface area contributed by atoms with Gasteiger partial charge < -0.3 is 20.3 Å². The molecule has 6 heteroatoms. The number of amides is 1. The van der Waals surface area contributed by atoms with Crippen LogP contribution in [0.1, 0.15) is 335 Å². The summed E-state index contributed by atoms with van der Waals surface area (Å²) in [5.74, 6) is -0.0653. The molecule has 0 heterocycles. The molecule has 1 amide bonds. The van der Waals surface area contributed by atoms with Crippen molar-refractivity contribution in [1.29, 1.82) is 0 Å². The number of carbonyl (C=O) groups is 2. The summed E-state index contributed by atoms with van der Waals surface area (Å²) in [5.41, 5.74) is 0. The average molecular weight is 985 g/mol. The van der Waals surface area contributed by atoms with Crippen LogP contribution >= 0.6 is 0 Å². The maximum Gasteiger partial charge on any atom is 0.305 e. The predicted octanol–water partition coefficient (Wildman–Crippen LogP) is 19.6. The van der Waals surface area contributed by atoms with Crippen LogP contribution in [0.4, 0.5) is 0 Å². The van der Waals surface area contributed by atoms with Crippen molar-refractivity contribution in [2.45, 2.75) is 347 Å². The molecule has 6 nitrogen and oxygen atoms in total. The van der Waals surface area contributed by atoms with E-state index in [9.17, 15) is 19.8 Å². The smallest absolute Gasteiger partial charge is 0.305 e. The Bertz CT molecular complexity index is 1130. The molecule has 70 heavy (non-hydrogen) atoms. The van der Waals surface area contributed by atoms with Crippen LogP contribution in [0.15, 0.2) is 36.5 Å². The number of aliphatic hydroxyl groups excluding tert-OH is 2. The molecule has 0 rings (SSSR count). The highest BCUT2D eigenvalue weighted by Crippen LogP contribution is 2.18. The molecular formula is C64H121NO5. The number of allylic oxidation sites excluding steroid dienone is 6. The van der Waals surface area contributed by atoms with Crippen LogP contribution in [0.5, 0.6) is 0 Å². The van der Waals surface area contributed by atoms with Crippen LogP contribution in [0.2, 0.25) is 0 Å². The summed E-state index contributed by atoms with van der Waals surface area (Å²) in [6.45, 7) is 4.90. The van der Waals surface area contributed by atoms with E-state index in [1.165, 1.54) is 231 Å². The first-order valence-corrected chi connectivity index (χ1v) is 31.3. The molecule has 0 spiro atoms. The van der Waals surface area contributed by atoms with Crippen molar-refractivity contribution in [2.24, 2.45) is 0 Å². The van der Waals surface area contributed by atoms with Gasteiger partial charge in [-0.25, -0.2) is 0 Å². The summed E-state index contributed by atoms with van der Waals surface area (Å²) in [6.07, 6.45) is 74.4. The summed E-state index contributed by atoms with van der Waals surface area (Å²) in [5, 5.41) is 23.4. The zero-order chi connectivity index (χ0) is 50.7. The van der Waals surface area contributed by atoms with Crippen molar-refractivity contribution in [3.8, 4) is 0 Å². The number of rotatable bonds is 58. The van der Waals surface area contributed by atoms with E-state index in [0.29, 0.717) is 25.9 Å². The fourth-order valence-corrected chi connectivity index (χ4v) is 9.63. The number of aliphatic hydroxyl groups is 2. The standard InChI is InChI=1S/C64H121NO5/c1-3-5-7-9-11-13-15-17-18-19-20-21-22-24-27-30-33-36-40-44-48-52-56-62(67)61(60-66)65-63(68)57-53-49-45-41-37-34-31-28-25-23-26-29-32-35-39-43-47-51-55-59-70-64(69)58-54-50-46-42-38-16-14-12-10-8-6-4-2/h12,14,29,32,35,39,61-62,66-67H,3-11,13,15-28,30-31,33-34,36-38,40-60H2,1-2H3,(H,65,68)/b14-12-,32-29-,39-35-. The van der Waals surface area contributed by atoms with Crippen LogP contribution in [0.3, 0.4) is 0 Å². The third kappa shape index (κ3) is 55.4. The third-order valence-corrected chi connectivity index (χ3v) is 14.4. The fourth-order valence-electron chi connectivity index (χ4n) is 9.63. The predicted molar refractivity (Wildman–Crippen MR) is 306 cm³/mol. The Hall–Kier alpha value is -1.92. The molecule has 0 aliphatic heterocycles. The van der Waals surface area contributed by atoms with Crippen molar-refractivity contribution >= 4 is 11.9 Å². The lowest BCUT2D eigenvalue weighted by Crippen LogP contribution is -2.45. The second-order valence-corrected chi connectivity index (χ2v) is 21.4. The second kappa shape index (κ2) is 59.6. The summed E-state index contributed by atoms with van der Waals surface area (Å²) in [4.78, 5) is 24.5. The highest BCUT2D eigenvalue weighted by Gasteiger charge is 2.20. The highest BCUT2D eigenvalue weighted by atomic mass is 16.5. The van der Waals surface area contributed by atoms with E-state index in [1.54, 1.807) is 0 Å². The van der Waals surface area contributed by atoms with Gasteiger partial charge in [0.15, 0.2) is 0 Å². The number of hydrogen-bond acceptors (Lipinski definition) is 5. The van der Waals surface area contributed by atoms with Gasteiger partial charge in [-0.05, 0) is 83.5 Å². The van der Waals surface area contributed by atoms with Crippen molar-refractivity contribution in [3.63, 3.8) is 0 Å².